The molecule has 2 amide bonds. The number of aliphatic hydroxyl groups excluding tert-OH is 1. The number of carbonyl (C=O) groups is 2. The molecule has 1 aliphatic rings. The normalized spacial score (nSPS) is 23.6. The molecule has 1 saturated heterocycles. The number of rotatable bonds is 1. The summed E-state index contributed by atoms with van der Waals surface area (Å²) in [6.07, 6.45) is -7.05. The van der Waals surface area contributed by atoms with Crippen LogP contribution in [-0.4, -0.2) is 59.0 Å². The smallest absolute Gasteiger partial charge is 0.444 e. The maximum Gasteiger partial charge on any atom is 0.471 e. The molecule has 0 aromatic heterocycles. The number of hydrogen-bond acceptors (Lipinski definition) is 4. The van der Waals surface area contributed by atoms with Crippen molar-refractivity contribution in [2.75, 3.05) is 13.1 Å². The highest BCUT2D eigenvalue weighted by Gasteiger charge is 2.43. The van der Waals surface area contributed by atoms with Gasteiger partial charge >= 0.3 is 18.2 Å². The zero-order valence-electron chi connectivity index (χ0n) is 11.3. The summed E-state index contributed by atoms with van der Waals surface area (Å²) in [5.74, 6) is -2.15. The minimum atomic E-state index is -5.03. The Balaban J connectivity index is 2.59. The first-order valence-electron chi connectivity index (χ1n) is 5.94. The highest BCUT2D eigenvalue weighted by Crippen LogP contribution is 2.19. The van der Waals surface area contributed by atoms with Crippen LogP contribution in [0.2, 0.25) is 0 Å². The lowest BCUT2D eigenvalue weighted by molar-refractivity contribution is -0.174. The quantitative estimate of drug-likeness (QED) is 0.745. The average Bonchev–Trinajstić information content (AvgIpc) is 2.56. The number of carbonyl (C=O) groups excluding carboxylic acids is 2. The summed E-state index contributed by atoms with van der Waals surface area (Å²) < 4.78 is 41.4. The molecule has 1 rings (SSSR count). The molecule has 1 heterocycles. The van der Waals surface area contributed by atoms with E-state index in [1.54, 1.807) is 26.1 Å². The Hall–Kier alpha value is -1.51. The van der Waals surface area contributed by atoms with Crippen molar-refractivity contribution in [2.24, 2.45) is 0 Å². The summed E-state index contributed by atoms with van der Waals surface area (Å²) in [5, 5.41) is 11.2. The monoisotopic (exact) mass is 298 g/mol. The zero-order valence-corrected chi connectivity index (χ0v) is 11.3. The number of aliphatic hydroxyl groups is 1. The summed E-state index contributed by atoms with van der Waals surface area (Å²) >= 11 is 0. The number of amides is 2. The molecule has 0 radical (unpaired) electrons. The van der Waals surface area contributed by atoms with E-state index in [2.05, 4.69) is 0 Å². The van der Waals surface area contributed by atoms with Gasteiger partial charge in [-0.1, -0.05) is 0 Å². The highest BCUT2D eigenvalue weighted by atomic mass is 19.4. The fraction of sp³-hybridized carbons (Fsp3) is 0.818. The lowest BCUT2D eigenvalue weighted by Crippen LogP contribution is -2.48. The Kier molecular flexibility index (Phi) is 4.52. The lowest BCUT2D eigenvalue weighted by Gasteiger charge is -2.24. The first-order chi connectivity index (χ1) is 8.90. The van der Waals surface area contributed by atoms with Crippen molar-refractivity contribution in [2.45, 2.75) is 44.7 Å². The van der Waals surface area contributed by atoms with Crippen LogP contribution in [0.3, 0.4) is 0 Å². The molecule has 9 heteroatoms. The predicted molar refractivity (Wildman–Crippen MR) is 61.8 cm³/mol. The van der Waals surface area contributed by atoms with Gasteiger partial charge in [0.15, 0.2) is 0 Å². The Labute approximate surface area is 113 Å². The van der Waals surface area contributed by atoms with Gasteiger partial charge in [0.1, 0.15) is 5.60 Å². The minimum absolute atomic E-state index is 0.197. The van der Waals surface area contributed by atoms with E-state index in [9.17, 15) is 27.9 Å². The Morgan fingerprint density at radius 3 is 2.25 bits per heavy atom. The Bertz CT molecular complexity index is 392. The third-order valence-electron chi connectivity index (χ3n) is 2.51. The van der Waals surface area contributed by atoms with Crippen molar-refractivity contribution in [3.05, 3.63) is 0 Å². The summed E-state index contributed by atoms with van der Waals surface area (Å²) in [7, 11) is 0. The molecule has 116 valence electrons. The molecule has 0 bridgehead atoms. The van der Waals surface area contributed by atoms with Gasteiger partial charge in [0.25, 0.3) is 0 Å². The van der Waals surface area contributed by atoms with Crippen LogP contribution in [0.4, 0.5) is 18.0 Å². The summed E-state index contributed by atoms with van der Waals surface area (Å²) in [5.41, 5.74) is -0.755. The molecule has 2 atom stereocenters. The second-order valence-electron chi connectivity index (χ2n) is 5.53. The number of β-amino-alcohol motifs (C(OH)–C–C–N with tert-alkyl or cyclic N) is 1. The van der Waals surface area contributed by atoms with E-state index in [1.807, 2.05) is 0 Å². The largest absolute Gasteiger partial charge is 0.471 e. The lowest BCUT2D eigenvalue weighted by atomic mass is 10.2. The summed E-state index contributed by atoms with van der Waals surface area (Å²) in [4.78, 5) is 23.5. The van der Waals surface area contributed by atoms with E-state index in [1.165, 1.54) is 0 Å². The first kappa shape index (κ1) is 16.5. The summed E-state index contributed by atoms with van der Waals surface area (Å²) in [6, 6.07) is -1.17. The molecule has 0 saturated carbocycles. The van der Waals surface area contributed by atoms with Gasteiger partial charge in [-0.2, -0.15) is 13.2 Å². The van der Waals surface area contributed by atoms with Crippen molar-refractivity contribution >= 4 is 12.0 Å². The number of nitrogens with one attached hydrogen (secondary N) is 1. The molecule has 0 aromatic carbocycles. The van der Waals surface area contributed by atoms with E-state index >= 15 is 0 Å². The van der Waals surface area contributed by atoms with E-state index in [0.717, 1.165) is 4.90 Å². The Morgan fingerprint density at radius 1 is 1.25 bits per heavy atom. The van der Waals surface area contributed by atoms with E-state index in [0.29, 0.717) is 0 Å². The third-order valence-corrected chi connectivity index (χ3v) is 2.51. The predicted octanol–water partition coefficient (Wildman–Crippen LogP) is 0.645. The van der Waals surface area contributed by atoms with Crippen LogP contribution in [-0.2, 0) is 9.53 Å². The van der Waals surface area contributed by atoms with E-state index in [4.69, 9.17) is 4.74 Å². The maximum absolute atomic E-state index is 12.1. The van der Waals surface area contributed by atoms with Gasteiger partial charge < -0.3 is 20.1 Å². The van der Waals surface area contributed by atoms with Crippen LogP contribution in [0.1, 0.15) is 20.8 Å². The molecule has 0 unspecified atom stereocenters. The van der Waals surface area contributed by atoms with Crippen LogP contribution in [0.25, 0.3) is 0 Å². The van der Waals surface area contributed by atoms with Crippen LogP contribution in [0.15, 0.2) is 0 Å². The highest BCUT2D eigenvalue weighted by molar-refractivity contribution is 5.82. The van der Waals surface area contributed by atoms with E-state index < -0.39 is 35.9 Å². The standard InChI is InChI=1S/C11H17F3N2O4/c1-10(2,3)20-9(19)16-4-6(7(17)5-16)15-8(18)11(12,13)14/h6-7,17H,4-5H2,1-3H3,(H,15,18)/t6-,7-/m1/s1. The van der Waals surface area contributed by atoms with Crippen molar-refractivity contribution in [3.8, 4) is 0 Å². The molecule has 6 nitrogen and oxygen atoms in total. The van der Waals surface area contributed by atoms with Gasteiger partial charge in [-0.15, -0.1) is 0 Å². The molecule has 1 aliphatic heterocycles. The third kappa shape index (κ3) is 4.55. The summed E-state index contributed by atoms with van der Waals surface area (Å²) in [6.45, 7) is 4.48. The number of halogens is 3. The molecule has 0 spiro atoms. The number of nitrogens with zero attached hydrogens (tertiary/aromatic N) is 1. The van der Waals surface area contributed by atoms with Crippen molar-refractivity contribution in [1.29, 1.82) is 0 Å². The minimum Gasteiger partial charge on any atom is -0.444 e. The maximum atomic E-state index is 12.1. The van der Waals surface area contributed by atoms with Gasteiger partial charge in [-0.3, -0.25) is 4.79 Å². The number of ether oxygens (including phenoxy) is 1. The zero-order chi connectivity index (χ0) is 15.7. The second-order valence-corrected chi connectivity index (χ2v) is 5.53. The van der Waals surface area contributed by atoms with Crippen LogP contribution in [0.5, 0.6) is 0 Å². The fourth-order valence-corrected chi connectivity index (χ4v) is 1.65. The van der Waals surface area contributed by atoms with Gasteiger partial charge in [0.2, 0.25) is 0 Å². The molecular weight excluding hydrogens is 281 g/mol. The van der Waals surface area contributed by atoms with Crippen LogP contribution < -0.4 is 5.32 Å². The average molecular weight is 298 g/mol. The molecule has 20 heavy (non-hydrogen) atoms. The second kappa shape index (κ2) is 5.47. The van der Waals surface area contributed by atoms with Crippen molar-refractivity contribution < 1.29 is 32.6 Å². The van der Waals surface area contributed by atoms with E-state index in [-0.39, 0.29) is 13.1 Å². The molecule has 1 fully saturated rings. The number of hydrogen-bond donors (Lipinski definition) is 2. The number of alkyl halides is 3. The molecular formula is C11H17F3N2O4. The van der Waals surface area contributed by atoms with Crippen molar-refractivity contribution in [3.63, 3.8) is 0 Å². The molecule has 0 aromatic rings. The SMILES string of the molecule is CC(C)(C)OC(=O)N1C[C@@H](O)[C@H](NC(=O)C(F)(F)F)C1. The van der Waals surface area contributed by atoms with Gasteiger partial charge in [-0.05, 0) is 20.8 Å². The van der Waals surface area contributed by atoms with Gasteiger partial charge in [-0.25, -0.2) is 4.79 Å². The number of likely N-dealkylation sites (tertiary alicyclic amines) is 1. The van der Waals surface area contributed by atoms with Crippen molar-refractivity contribution in [1.82, 2.24) is 10.2 Å². The first-order valence-corrected chi connectivity index (χ1v) is 5.94. The topological polar surface area (TPSA) is 78.9 Å². The molecule has 2 N–H and O–H groups in total. The van der Waals surface area contributed by atoms with Crippen LogP contribution in [0, 0.1) is 0 Å². The fourth-order valence-electron chi connectivity index (χ4n) is 1.65. The van der Waals surface area contributed by atoms with Gasteiger partial charge in [0, 0.05) is 6.54 Å². The van der Waals surface area contributed by atoms with Crippen LogP contribution >= 0.6 is 0 Å². The van der Waals surface area contributed by atoms with Gasteiger partial charge in [0.05, 0.1) is 18.7 Å². The molecule has 0 aliphatic carbocycles. The Morgan fingerprint density at radius 2 is 1.80 bits per heavy atom.